The molecule has 0 spiro atoms. The Morgan fingerprint density at radius 2 is 1.56 bits per heavy atom. The van der Waals surface area contributed by atoms with Crippen LogP contribution in [0.2, 0.25) is 0 Å². The summed E-state index contributed by atoms with van der Waals surface area (Å²) in [4.78, 5) is 16.9. The molecule has 6 heteroatoms. The number of aromatic nitrogens is 4. The molecule has 0 saturated heterocycles. The van der Waals surface area contributed by atoms with Crippen molar-refractivity contribution in [1.29, 1.82) is 0 Å². The van der Waals surface area contributed by atoms with Gasteiger partial charge in [-0.1, -0.05) is 63.1 Å². The maximum atomic E-state index is 4.74. The molecule has 1 fully saturated rings. The van der Waals surface area contributed by atoms with Gasteiger partial charge in [-0.2, -0.15) is 9.97 Å². The van der Waals surface area contributed by atoms with E-state index >= 15 is 0 Å². The normalized spacial score (nSPS) is 16.9. The molecule has 0 amide bonds. The van der Waals surface area contributed by atoms with E-state index in [0.717, 1.165) is 22.7 Å². The Morgan fingerprint density at radius 3 is 2.30 bits per heavy atom. The number of imidazole rings is 1. The second-order valence-electron chi connectivity index (χ2n) is 7.38. The van der Waals surface area contributed by atoms with Crippen LogP contribution in [0.25, 0.3) is 11.2 Å². The fraction of sp³-hybridized carbons (Fsp3) is 0.476. The molecule has 0 radical (unpaired) electrons. The van der Waals surface area contributed by atoms with Gasteiger partial charge in [0.1, 0.15) is 5.52 Å². The molecule has 3 aromatic rings. The minimum Gasteiger partial charge on any atom is -0.365 e. The summed E-state index contributed by atoms with van der Waals surface area (Å²) in [6.07, 6.45) is 13.4. The highest BCUT2D eigenvalue weighted by molar-refractivity contribution is 5.84. The highest BCUT2D eigenvalue weighted by atomic mass is 15.2. The van der Waals surface area contributed by atoms with Gasteiger partial charge in [0, 0.05) is 11.7 Å². The number of para-hydroxylation sites is 1. The molecule has 0 unspecified atom stereocenters. The quantitative estimate of drug-likeness (QED) is 0.577. The van der Waals surface area contributed by atoms with Gasteiger partial charge in [-0.25, -0.2) is 4.98 Å². The number of nitrogens with one attached hydrogen (secondary N) is 3. The molecule has 0 atom stereocenters. The number of rotatable bonds is 4. The van der Waals surface area contributed by atoms with Crippen LogP contribution in [-0.2, 0) is 0 Å². The minimum absolute atomic E-state index is 0.447. The SMILES string of the molecule is c1ccc(Nc2nc(NC3CCCCCCCCC3)c3nc[nH]c3n2)cc1. The van der Waals surface area contributed by atoms with Crippen LogP contribution in [0.1, 0.15) is 57.8 Å². The Morgan fingerprint density at radius 1 is 0.852 bits per heavy atom. The summed E-state index contributed by atoms with van der Waals surface area (Å²) in [5.41, 5.74) is 2.54. The van der Waals surface area contributed by atoms with Gasteiger partial charge in [-0.3, -0.25) is 0 Å². The largest absolute Gasteiger partial charge is 0.365 e. The maximum absolute atomic E-state index is 4.74. The summed E-state index contributed by atoms with van der Waals surface area (Å²) < 4.78 is 0. The van der Waals surface area contributed by atoms with Gasteiger partial charge in [0.2, 0.25) is 5.95 Å². The predicted octanol–water partition coefficient (Wildman–Crippen LogP) is 5.40. The summed E-state index contributed by atoms with van der Waals surface area (Å²) in [5.74, 6) is 1.40. The number of nitrogens with zero attached hydrogens (tertiary/aromatic N) is 3. The first-order valence-corrected chi connectivity index (χ1v) is 10.2. The molecule has 2 aromatic heterocycles. The fourth-order valence-corrected chi connectivity index (χ4v) is 3.79. The Hall–Kier alpha value is -2.63. The van der Waals surface area contributed by atoms with Gasteiger partial charge in [-0.05, 0) is 25.0 Å². The van der Waals surface area contributed by atoms with Crippen molar-refractivity contribution in [1.82, 2.24) is 19.9 Å². The number of hydrogen-bond donors (Lipinski definition) is 3. The van der Waals surface area contributed by atoms with Crippen molar-refractivity contribution in [2.45, 2.75) is 63.8 Å². The van der Waals surface area contributed by atoms with E-state index in [-0.39, 0.29) is 0 Å². The lowest BCUT2D eigenvalue weighted by atomic mass is 9.97. The highest BCUT2D eigenvalue weighted by Gasteiger charge is 2.16. The third-order valence-corrected chi connectivity index (χ3v) is 5.25. The van der Waals surface area contributed by atoms with Crippen molar-refractivity contribution >= 4 is 28.6 Å². The molecule has 1 saturated carbocycles. The van der Waals surface area contributed by atoms with Gasteiger partial charge in [0.25, 0.3) is 0 Å². The lowest BCUT2D eigenvalue weighted by Crippen LogP contribution is -2.21. The van der Waals surface area contributed by atoms with Crippen LogP contribution in [0.5, 0.6) is 0 Å². The summed E-state index contributed by atoms with van der Waals surface area (Å²) in [6, 6.07) is 10.5. The fourth-order valence-electron chi connectivity index (χ4n) is 3.79. The maximum Gasteiger partial charge on any atom is 0.231 e. The molecule has 1 aliphatic carbocycles. The number of aromatic amines is 1. The molecule has 4 rings (SSSR count). The second kappa shape index (κ2) is 8.84. The van der Waals surface area contributed by atoms with Crippen LogP contribution in [0.15, 0.2) is 36.7 Å². The lowest BCUT2D eigenvalue weighted by molar-refractivity contribution is 0.476. The van der Waals surface area contributed by atoms with Gasteiger partial charge < -0.3 is 15.6 Å². The first kappa shape index (κ1) is 17.8. The number of H-pyrrole nitrogens is 1. The molecule has 142 valence electrons. The number of fused-ring (bicyclic) bond motifs is 1. The molecule has 0 bridgehead atoms. The van der Waals surface area contributed by atoms with Crippen molar-refractivity contribution in [3.8, 4) is 0 Å². The minimum atomic E-state index is 0.447. The van der Waals surface area contributed by atoms with E-state index in [1.807, 2.05) is 30.3 Å². The van der Waals surface area contributed by atoms with Gasteiger partial charge in [-0.15, -0.1) is 0 Å². The Balaban J connectivity index is 1.55. The van der Waals surface area contributed by atoms with Crippen LogP contribution in [0.3, 0.4) is 0 Å². The zero-order chi connectivity index (χ0) is 18.3. The summed E-state index contributed by atoms with van der Waals surface area (Å²) in [5, 5.41) is 6.97. The van der Waals surface area contributed by atoms with Crippen molar-refractivity contribution in [2.24, 2.45) is 0 Å². The van der Waals surface area contributed by atoms with Crippen molar-refractivity contribution in [3.63, 3.8) is 0 Å². The topological polar surface area (TPSA) is 78.5 Å². The van der Waals surface area contributed by atoms with E-state index in [1.165, 1.54) is 57.8 Å². The highest BCUT2D eigenvalue weighted by Crippen LogP contribution is 2.25. The zero-order valence-electron chi connectivity index (χ0n) is 15.7. The molecular weight excluding hydrogens is 336 g/mol. The average Bonchev–Trinajstić information content (AvgIpc) is 3.16. The first-order valence-electron chi connectivity index (χ1n) is 10.2. The molecule has 27 heavy (non-hydrogen) atoms. The van der Waals surface area contributed by atoms with E-state index in [2.05, 4.69) is 25.6 Å². The van der Waals surface area contributed by atoms with Crippen LogP contribution >= 0.6 is 0 Å². The van der Waals surface area contributed by atoms with Gasteiger partial charge >= 0.3 is 0 Å². The van der Waals surface area contributed by atoms with Crippen molar-refractivity contribution in [3.05, 3.63) is 36.7 Å². The molecule has 3 N–H and O–H groups in total. The summed E-state index contributed by atoms with van der Waals surface area (Å²) in [6.45, 7) is 0. The average molecular weight is 364 g/mol. The Kier molecular flexibility index (Phi) is 5.82. The third kappa shape index (κ3) is 4.76. The van der Waals surface area contributed by atoms with E-state index in [4.69, 9.17) is 4.98 Å². The second-order valence-corrected chi connectivity index (χ2v) is 7.38. The van der Waals surface area contributed by atoms with Crippen molar-refractivity contribution in [2.75, 3.05) is 10.6 Å². The number of anilines is 3. The standard InChI is InChI=1S/C21H28N6/c1-2-4-7-11-16(12-8-5-3-1)24-20-18-19(23-15-22-18)26-21(27-20)25-17-13-9-6-10-14-17/h6,9-10,13-16H,1-5,7-8,11-12H2,(H3,22,23,24,25,26,27). The summed E-state index contributed by atoms with van der Waals surface area (Å²) in [7, 11) is 0. The molecular formula is C21H28N6. The lowest BCUT2D eigenvalue weighted by Gasteiger charge is -2.21. The van der Waals surface area contributed by atoms with Gasteiger partial charge in [0.05, 0.1) is 6.33 Å². The van der Waals surface area contributed by atoms with E-state index in [9.17, 15) is 0 Å². The monoisotopic (exact) mass is 364 g/mol. The molecule has 2 heterocycles. The molecule has 0 aliphatic heterocycles. The molecule has 1 aromatic carbocycles. The van der Waals surface area contributed by atoms with Crippen LogP contribution in [-0.4, -0.2) is 26.0 Å². The molecule has 6 nitrogen and oxygen atoms in total. The van der Waals surface area contributed by atoms with Crippen molar-refractivity contribution < 1.29 is 0 Å². The van der Waals surface area contributed by atoms with Crippen LogP contribution in [0.4, 0.5) is 17.5 Å². The number of benzene rings is 1. The first-order chi connectivity index (χ1) is 13.4. The smallest absolute Gasteiger partial charge is 0.231 e. The van der Waals surface area contributed by atoms with Gasteiger partial charge in [0.15, 0.2) is 11.5 Å². The third-order valence-electron chi connectivity index (χ3n) is 5.25. The van der Waals surface area contributed by atoms with E-state index in [1.54, 1.807) is 6.33 Å². The van der Waals surface area contributed by atoms with E-state index < -0.39 is 0 Å². The zero-order valence-corrected chi connectivity index (χ0v) is 15.7. The van der Waals surface area contributed by atoms with Crippen LogP contribution < -0.4 is 10.6 Å². The summed E-state index contributed by atoms with van der Waals surface area (Å²) >= 11 is 0. The molecule has 1 aliphatic rings. The Bertz CT molecular complexity index is 834. The Labute approximate surface area is 160 Å². The predicted molar refractivity (Wildman–Crippen MR) is 110 cm³/mol. The van der Waals surface area contributed by atoms with E-state index in [0.29, 0.717) is 12.0 Å². The van der Waals surface area contributed by atoms with Crippen LogP contribution in [0, 0.1) is 0 Å². The number of hydrogen-bond acceptors (Lipinski definition) is 5.